The van der Waals surface area contributed by atoms with E-state index in [9.17, 15) is 4.79 Å². The van der Waals surface area contributed by atoms with Crippen LogP contribution in [0.25, 0.3) is 10.2 Å². The summed E-state index contributed by atoms with van der Waals surface area (Å²) in [6, 6.07) is 11.5. The number of benzene rings is 2. The van der Waals surface area contributed by atoms with Crippen molar-refractivity contribution in [2.75, 3.05) is 32.1 Å². The molecule has 0 aliphatic carbocycles. The number of rotatable bonds is 5. The number of likely N-dealkylation sites (N-methyl/N-ethyl adjacent to an activating group) is 1. The van der Waals surface area contributed by atoms with Gasteiger partial charge in [-0.2, -0.15) is 0 Å². The Hall–Kier alpha value is -1.66. The third kappa shape index (κ3) is 4.99. The zero-order valence-electron chi connectivity index (χ0n) is 15.8. The second-order valence-corrected chi connectivity index (χ2v) is 8.14. The third-order valence-electron chi connectivity index (χ3n) is 4.18. The van der Waals surface area contributed by atoms with Crippen LogP contribution in [0, 0.1) is 13.8 Å². The molecular weight excluding hydrogens is 401 g/mol. The predicted octanol–water partition coefficient (Wildman–Crippen LogP) is 5.20. The first-order valence-corrected chi connectivity index (χ1v) is 9.64. The van der Waals surface area contributed by atoms with Gasteiger partial charge in [-0.15, -0.1) is 12.4 Å². The van der Waals surface area contributed by atoms with Gasteiger partial charge in [0.2, 0.25) is 0 Å². The molecule has 7 heteroatoms. The number of hydrogen-bond donors (Lipinski definition) is 0. The number of hydrogen-bond acceptors (Lipinski definition) is 4. The Labute approximate surface area is 175 Å². The lowest BCUT2D eigenvalue weighted by molar-refractivity contribution is 0.0985. The normalized spacial score (nSPS) is 10.9. The van der Waals surface area contributed by atoms with E-state index in [1.165, 1.54) is 11.3 Å². The van der Waals surface area contributed by atoms with Gasteiger partial charge in [-0.05, 0) is 57.8 Å². The van der Waals surface area contributed by atoms with Crippen LogP contribution < -0.4 is 4.90 Å². The summed E-state index contributed by atoms with van der Waals surface area (Å²) in [7, 11) is 3.99. The number of nitrogens with zero attached hydrogens (tertiary/aromatic N) is 3. The maximum atomic E-state index is 13.1. The van der Waals surface area contributed by atoms with Crippen LogP contribution in [0.1, 0.15) is 21.5 Å². The lowest BCUT2D eigenvalue weighted by Crippen LogP contribution is -2.36. The summed E-state index contributed by atoms with van der Waals surface area (Å²) in [6.45, 7) is 5.33. The summed E-state index contributed by atoms with van der Waals surface area (Å²) >= 11 is 7.68. The fraction of sp³-hybridized carbons (Fsp3) is 0.300. The largest absolute Gasteiger partial charge is 0.308 e. The number of carbonyl (C=O) groups is 1. The Kier molecular flexibility index (Phi) is 7.23. The molecule has 0 bridgehead atoms. The van der Waals surface area contributed by atoms with Crippen molar-refractivity contribution in [3.05, 3.63) is 58.1 Å². The summed E-state index contributed by atoms with van der Waals surface area (Å²) in [4.78, 5) is 21.7. The van der Waals surface area contributed by atoms with Crippen molar-refractivity contribution in [2.24, 2.45) is 0 Å². The number of thiazole rings is 1. The van der Waals surface area contributed by atoms with Crippen LogP contribution in [-0.4, -0.2) is 43.0 Å². The number of carbonyl (C=O) groups excluding carboxylic acids is 1. The van der Waals surface area contributed by atoms with Gasteiger partial charge in [-0.1, -0.05) is 40.6 Å². The summed E-state index contributed by atoms with van der Waals surface area (Å²) in [5.74, 6) is -0.0327. The fourth-order valence-electron chi connectivity index (χ4n) is 2.69. The first kappa shape index (κ1) is 21.6. The van der Waals surface area contributed by atoms with Gasteiger partial charge in [0.25, 0.3) is 5.91 Å². The summed E-state index contributed by atoms with van der Waals surface area (Å²) in [5.41, 5.74) is 3.72. The number of amides is 1. The molecule has 1 aromatic heterocycles. The lowest BCUT2D eigenvalue weighted by atomic mass is 10.1. The first-order chi connectivity index (χ1) is 12.3. The lowest BCUT2D eigenvalue weighted by Gasteiger charge is -2.22. The average molecular weight is 424 g/mol. The minimum absolute atomic E-state index is 0. The van der Waals surface area contributed by atoms with Crippen molar-refractivity contribution in [1.82, 2.24) is 9.88 Å². The van der Waals surface area contributed by atoms with Crippen molar-refractivity contribution in [3.8, 4) is 0 Å². The van der Waals surface area contributed by atoms with Gasteiger partial charge in [0.1, 0.15) is 0 Å². The van der Waals surface area contributed by atoms with Gasteiger partial charge in [0, 0.05) is 23.7 Å². The van der Waals surface area contributed by atoms with E-state index in [1.807, 2.05) is 64.3 Å². The zero-order valence-corrected chi connectivity index (χ0v) is 18.2. The van der Waals surface area contributed by atoms with Gasteiger partial charge in [-0.25, -0.2) is 4.98 Å². The van der Waals surface area contributed by atoms with E-state index in [0.29, 0.717) is 22.3 Å². The predicted molar refractivity (Wildman–Crippen MR) is 118 cm³/mol. The highest BCUT2D eigenvalue weighted by Gasteiger charge is 2.22. The summed E-state index contributed by atoms with van der Waals surface area (Å²) < 4.78 is 0.997. The van der Waals surface area contributed by atoms with Crippen LogP contribution in [0.3, 0.4) is 0 Å². The van der Waals surface area contributed by atoms with E-state index in [1.54, 1.807) is 4.90 Å². The minimum Gasteiger partial charge on any atom is -0.308 e. The van der Waals surface area contributed by atoms with Crippen LogP contribution in [0.5, 0.6) is 0 Å². The van der Waals surface area contributed by atoms with Crippen molar-refractivity contribution < 1.29 is 4.79 Å². The highest BCUT2D eigenvalue weighted by Crippen LogP contribution is 2.33. The maximum absolute atomic E-state index is 13.1. The molecule has 0 N–H and O–H groups in total. The number of fused-ring (bicyclic) bond motifs is 1. The Balaban J connectivity index is 0.00000261. The van der Waals surface area contributed by atoms with Crippen LogP contribution in [0.2, 0.25) is 5.02 Å². The average Bonchev–Trinajstić information content (AvgIpc) is 2.99. The van der Waals surface area contributed by atoms with Gasteiger partial charge in [0.05, 0.1) is 10.2 Å². The van der Waals surface area contributed by atoms with Crippen molar-refractivity contribution in [2.45, 2.75) is 13.8 Å². The number of halogens is 2. The van der Waals surface area contributed by atoms with Crippen molar-refractivity contribution in [3.63, 3.8) is 0 Å². The van der Waals surface area contributed by atoms with Crippen molar-refractivity contribution in [1.29, 1.82) is 0 Å². The van der Waals surface area contributed by atoms with Gasteiger partial charge < -0.3 is 4.90 Å². The molecule has 2 aromatic carbocycles. The summed E-state index contributed by atoms with van der Waals surface area (Å²) in [5, 5.41) is 1.40. The second-order valence-electron chi connectivity index (χ2n) is 6.69. The summed E-state index contributed by atoms with van der Waals surface area (Å²) in [6.07, 6.45) is 0. The molecule has 3 rings (SSSR count). The molecular formula is C20H23Cl2N3OS. The topological polar surface area (TPSA) is 36.4 Å². The molecule has 0 radical (unpaired) electrons. The molecule has 144 valence electrons. The molecule has 0 spiro atoms. The van der Waals surface area contributed by atoms with E-state index in [2.05, 4.69) is 4.90 Å². The highest BCUT2D eigenvalue weighted by molar-refractivity contribution is 7.22. The quantitative estimate of drug-likeness (QED) is 0.565. The molecule has 0 atom stereocenters. The van der Waals surface area contributed by atoms with E-state index in [4.69, 9.17) is 16.6 Å². The second kappa shape index (κ2) is 9.02. The monoisotopic (exact) mass is 423 g/mol. The number of aryl methyl sites for hydroxylation is 2. The molecule has 0 aliphatic rings. The first-order valence-electron chi connectivity index (χ1n) is 8.45. The van der Waals surface area contributed by atoms with Crippen LogP contribution >= 0.6 is 35.3 Å². The molecule has 0 fully saturated rings. The van der Waals surface area contributed by atoms with E-state index in [0.717, 1.165) is 27.9 Å². The van der Waals surface area contributed by atoms with Gasteiger partial charge >= 0.3 is 0 Å². The van der Waals surface area contributed by atoms with E-state index >= 15 is 0 Å². The van der Waals surface area contributed by atoms with Crippen LogP contribution in [-0.2, 0) is 0 Å². The molecule has 3 aromatic rings. The minimum atomic E-state index is -0.0327. The van der Waals surface area contributed by atoms with E-state index in [-0.39, 0.29) is 18.3 Å². The van der Waals surface area contributed by atoms with Crippen molar-refractivity contribution >= 4 is 56.6 Å². The zero-order chi connectivity index (χ0) is 18.8. The van der Waals surface area contributed by atoms with E-state index < -0.39 is 0 Å². The third-order valence-corrected chi connectivity index (χ3v) is 5.43. The molecule has 27 heavy (non-hydrogen) atoms. The fourth-order valence-corrected chi connectivity index (χ4v) is 4.14. The highest BCUT2D eigenvalue weighted by atomic mass is 35.5. The Morgan fingerprint density at radius 1 is 1.11 bits per heavy atom. The standard InChI is InChI=1S/C20H22ClN3OS.ClH/c1-13-5-7-15(8-6-13)19(25)24(10-9-23(3)4)20-22-18-14(2)11-16(21)12-17(18)26-20;/h5-8,11-12H,9-10H2,1-4H3;1H. The molecule has 4 nitrogen and oxygen atoms in total. The van der Waals surface area contributed by atoms with Crippen LogP contribution in [0.4, 0.5) is 5.13 Å². The van der Waals surface area contributed by atoms with Crippen LogP contribution in [0.15, 0.2) is 36.4 Å². The molecule has 0 unspecified atom stereocenters. The molecule has 1 heterocycles. The smallest absolute Gasteiger partial charge is 0.260 e. The number of aromatic nitrogens is 1. The molecule has 1 amide bonds. The maximum Gasteiger partial charge on any atom is 0.260 e. The van der Waals surface area contributed by atoms with Gasteiger partial charge in [0.15, 0.2) is 5.13 Å². The Bertz CT molecular complexity index is 938. The van der Waals surface area contributed by atoms with Gasteiger partial charge in [-0.3, -0.25) is 9.69 Å². The Morgan fingerprint density at radius 2 is 1.78 bits per heavy atom. The number of anilines is 1. The molecule has 0 saturated heterocycles. The molecule has 0 saturated carbocycles. The Morgan fingerprint density at radius 3 is 2.41 bits per heavy atom. The SMILES string of the molecule is Cc1ccc(C(=O)N(CCN(C)C)c2nc3c(C)cc(Cl)cc3s2)cc1.Cl. The molecule has 0 aliphatic heterocycles.